The zero-order chi connectivity index (χ0) is 18.5. The molecule has 0 aliphatic heterocycles. The van der Waals surface area contributed by atoms with Crippen molar-refractivity contribution in [3.63, 3.8) is 0 Å². The van der Waals surface area contributed by atoms with Gasteiger partial charge in [-0.25, -0.2) is 9.59 Å². The summed E-state index contributed by atoms with van der Waals surface area (Å²) in [5.74, 6) is -0.750. The van der Waals surface area contributed by atoms with Crippen LogP contribution in [0.3, 0.4) is 0 Å². The molecule has 6 nitrogen and oxygen atoms in total. The van der Waals surface area contributed by atoms with Crippen molar-refractivity contribution < 1.29 is 24.2 Å². The maximum atomic E-state index is 11.3. The van der Waals surface area contributed by atoms with E-state index < -0.39 is 11.9 Å². The maximum Gasteiger partial charge on any atom is 0.344 e. The fraction of sp³-hybridized carbons (Fsp3) is 0.200. The Labute approximate surface area is 150 Å². The summed E-state index contributed by atoms with van der Waals surface area (Å²) >= 11 is 0. The predicted molar refractivity (Wildman–Crippen MR) is 96.6 cm³/mol. The van der Waals surface area contributed by atoms with Crippen molar-refractivity contribution in [1.82, 2.24) is 4.57 Å². The Morgan fingerprint density at radius 3 is 2.54 bits per heavy atom. The number of carbonyl (C=O) groups excluding carboxylic acids is 1. The van der Waals surface area contributed by atoms with E-state index in [0.29, 0.717) is 18.9 Å². The van der Waals surface area contributed by atoms with Crippen molar-refractivity contribution in [2.75, 3.05) is 13.2 Å². The second-order valence-corrected chi connectivity index (χ2v) is 5.76. The first-order valence-electron chi connectivity index (χ1n) is 8.26. The molecule has 26 heavy (non-hydrogen) atoms. The number of carboxylic acid groups (broad SMARTS) is 1. The van der Waals surface area contributed by atoms with E-state index in [0.717, 1.165) is 16.5 Å². The summed E-state index contributed by atoms with van der Waals surface area (Å²) < 4.78 is 12.2. The predicted octanol–water partition coefficient (Wildman–Crippen LogP) is 3.33. The van der Waals surface area contributed by atoms with Gasteiger partial charge in [0, 0.05) is 18.3 Å². The number of nitrogens with zero attached hydrogens (tertiary/aromatic N) is 1. The highest BCUT2D eigenvalue weighted by Crippen LogP contribution is 2.20. The second-order valence-electron chi connectivity index (χ2n) is 5.76. The van der Waals surface area contributed by atoms with E-state index in [1.54, 1.807) is 31.2 Å². The molecule has 0 radical (unpaired) electrons. The molecule has 0 amide bonds. The lowest BCUT2D eigenvalue weighted by Gasteiger charge is -2.09. The number of rotatable bonds is 7. The molecule has 0 saturated heterocycles. The first-order valence-corrected chi connectivity index (χ1v) is 8.26. The summed E-state index contributed by atoms with van der Waals surface area (Å²) in [4.78, 5) is 22.5. The quantitative estimate of drug-likeness (QED) is 0.659. The van der Waals surface area contributed by atoms with E-state index in [1.807, 2.05) is 35.0 Å². The monoisotopic (exact) mass is 353 g/mol. The van der Waals surface area contributed by atoms with Crippen LogP contribution >= 0.6 is 0 Å². The zero-order valence-corrected chi connectivity index (χ0v) is 14.3. The minimum atomic E-state index is -0.942. The van der Waals surface area contributed by atoms with Gasteiger partial charge in [0.15, 0.2) is 6.61 Å². The Bertz CT molecular complexity index is 927. The van der Waals surface area contributed by atoms with Crippen molar-refractivity contribution in [2.45, 2.75) is 13.5 Å². The number of aromatic carboxylic acids is 1. The van der Waals surface area contributed by atoms with Gasteiger partial charge in [0.1, 0.15) is 5.75 Å². The zero-order valence-electron chi connectivity index (χ0n) is 14.3. The fourth-order valence-corrected chi connectivity index (χ4v) is 2.69. The van der Waals surface area contributed by atoms with Gasteiger partial charge in [-0.15, -0.1) is 0 Å². The molecule has 0 spiro atoms. The highest BCUT2D eigenvalue weighted by molar-refractivity contribution is 5.93. The summed E-state index contributed by atoms with van der Waals surface area (Å²) in [6.45, 7) is 2.56. The summed E-state index contributed by atoms with van der Waals surface area (Å²) in [5.41, 5.74) is 2.17. The third-order valence-corrected chi connectivity index (χ3v) is 3.96. The van der Waals surface area contributed by atoms with Crippen LogP contribution in [-0.4, -0.2) is 34.8 Å². The van der Waals surface area contributed by atoms with Gasteiger partial charge in [0.25, 0.3) is 0 Å². The number of benzene rings is 2. The number of esters is 1. The number of carboxylic acids is 1. The van der Waals surface area contributed by atoms with Crippen molar-refractivity contribution in [3.05, 3.63) is 65.9 Å². The average Bonchev–Trinajstić information content (AvgIpc) is 3.03. The van der Waals surface area contributed by atoms with Crippen LogP contribution in [0.25, 0.3) is 10.9 Å². The van der Waals surface area contributed by atoms with Crippen LogP contribution in [0.5, 0.6) is 5.75 Å². The van der Waals surface area contributed by atoms with E-state index in [2.05, 4.69) is 0 Å². The molecule has 0 bridgehead atoms. The van der Waals surface area contributed by atoms with Gasteiger partial charge >= 0.3 is 11.9 Å². The second kappa shape index (κ2) is 7.74. The molecule has 0 aliphatic rings. The van der Waals surface area contributed by atoms with Crippen LogP contribution in [0.1, 0.15) is 22.8 Å². The topological polar surface area (TPSA) is 77.8 Å². The van der Waals surface area contributed by atoms with Crippen LogP contribution in [0.2, 0.25) is 0 Å². The number of fused-ring (bicyclic) bond motifs is 1. The Morgan fingerprint density at radius 1 is 1.08 bits per heavy atom. The third kappa shape index (κ3) is 4.03. The highest BCUT2D eigenvalue weighted by atomic mass is 16.6. The average molecular weight is 353 g/mol. The van der Waals surface area contributed by atoms with Crippen LogP contribution in [0.15, 0.2) is 54.7 Å². The lowest BCUT2D eigenvalue weighted by molar-refractivity contribution is -0.145. The van der Waals surface area contributed by atoms with Gasteiger partial charge in [-0.3, -0.25) is 0 Å². The molecule has 0 atom stereocenters. The van der Waals surface area contributed by atoms with E-state index in [-0.39, 0.29) is 12.2 Å². The minimum absolute atomic E-state index is 0.118. The van der Waals surface area contributed by atoms with Gasteiger partial charge < -0.3 is 19.1 Å². The van der Waals surface area contributed by atoms with Gasteiger partial charge in [-0.1, -0.05) is 18.2 Å². The lowest BCUT2D eigenvalue weighted by Crippen LogP contribution is -2.14. The number of carbonyl (C=O) groups is 2. The first-order chi connectivity index (χ1) is 12.6. The molecule has 0 aliphatic carbocycles. The molecular formula is C20H19NO5. The molecule has 1 heterocycles. The molecule has 134 valence electrons. The number of ether oxygens (including phenoxy) is 2. The van der Waals surface area contributed by atoms with Crippen LogP contribution in [0.4, 0.5) is 0 Å². The molecule has 0 saturated carbocycles. The molecule has 0 unspecified atom stereocenters. The minimum Gasteiger partial charge on any atom is -0.482 e. The van der Waals surface area contributed by atoms with Gasteiger partial charge in [0.2, 0.25) is 0 Å². The smallest absolute Gasteiger partial charge is 0.344 e. The Balaban J connectivity index is 1.71. The normalized spacial score (nSPS) is 10.7. The molecule has 6 heteroatoms. The SMILES string of the molecule is CCOC(=O)COc1ccc(Cn2ccc3ccc(C(=O)O)cc32)cc1. The van der Waals surface area contributed by atoms with E-state index >= 15 is 0 Å². The highest BCUT2D eigenvalue weighted by Gasteiger charge is 2.08. The number of aromatic nitrogens is 1. The summed E-state index contributed by atoms with van der Waals surface area (Å²) in [7, 11) is 0. The lowest BCUT2D eigenvalue weighted by atomic mass is 10.1. The van der Waals surface area contributed by atoms with Crippen LogP contribution in [-0.2, 0) is 16.1 Å². The van der Waals surface area contributed by atoms with E-state index in [9.17, 15) is 9.59 Å². The third-order valence-electron chi connectivity index (χ3n) is 3.96. The number of hydrogen-bond acceptors (Lipinski definition) is 4. The molecule has 1 N–H and O–H groups in total. The summed E-state index contributed by atoms with van der Waals surface area (Å²) in [5, 5.41) is 10.2. The van der Waals surface area contributed by atoms with Crippen LogP contribution < -0.4 is 4.74 Å². The van der Waals surface area contributed by atoms with Crippen molar-refractivity contribution in [3.8, 4) is 5.75 Å². The standard InChI is InChI=1S/C20H19NO5/c1-2-25-19(22)13-26-17-7-3-14(4-8-17)12-21-10-9-15-5-6-16(20(23)24)11-18(15)21/h3-11H,2,12-13H2,1H3,(H,23,24). The molecule has 1 aromatic heterocycles. The van der Waals surface area contributed by atoms with Gasteiger partial charge in [0.05, 0.1) is 12.2 Å². The Hall–Kier alpha value is -3.28. The summed E-state index contributed by atoms with van der Waals surface area (Å²) in [6.07, 6.45) is 1.93. The maximum absolute atomic E-state index is 11.3. The molecule has 3 rings (SSSR count). The Kier molecular flexibility index (Phi) is 5.22. The van der Waals surface area contributed by atoms with E-state index in [1.165, 1.54) is 0 Å². The fourth-order valence-electron chi connectivity index (χ4n) is 2.69. The van der Waals surface area contributed by atoms with Gasteiger partial charge in [-0.05, 0) is 48.2 Å². The number of hydrogen-bond donors (Lipinski definition) is 1. The van der Waals surface area contributed by atoms with Gasteiger partial charge in [-0.2, -0.15) is 0 Å². The molecular weight excluding hydrogens is 334 g/mol. The van der Waals surface area contributed by atoms with E-state index in [4.69, 9.17) is 14.6 Å². The summed E-state index contributed by atoms with van der Waals surface area (Å²) in [6, 6.07) is 14.4. The molecule has 2 aromatic carbocycles. The van der Waals surface area contributed by atoms with Crippen molar-refractivity contribution in [2.24, 2.45) is 0 Å². The largest absolute Gasteiger partial charge is 0.482 e. The van der Waals surface area contributed by atoms with Crippen LogP contribution in [0, 0.1) is 0 Å². The first kappa shape index (κ1) is 17.5. The van der Waals surface area contributed by atoms with Crippen molar-refractivity contribution in [1.29, 1.82) is 0 Å². The molecule has 3 aromatic rings. The molecule has 0 fully saturated rings. The van der Waals surface area contributed by atoms with Crippen molar-refractivity contribution >= 4 is 22.8 Å². The Morgan fingerprint density at radius 2 is 1.85 bits per heavy atom.